The summed E-state index contributed by atoms with van der Waals surface area (Å²) < 4.78 is 47.1. The second-order valence-corrected chi connectivity index (χ2v) is 6.52. The summed E-state index contributed by atoms with van der Waals surface area (Å²) in [4.78, 5) is 10.3. The monoisotopic (exact) mass is 516 g/mol. The molecule has 10 heteroatoms. The molecule has 0 unspecified atom stereocenters. The Hall–Kier alpha value is -1.30. The van der Waals surface area contributed by atoms with Crippen LogP contribution in [0.25, 0.3) is 0 Å². The third kappa shape index (κ3) is 10.3. The molecule has 0 amide bonds. The lowest BCUT2D eigenvalue weighted by Gasteiger charge is -2.22. The van der Waals surface area contributed by atoms with Crippen molar-refractivity contribution in [1.82, 2.24) is 15.2 Å². The molecule has 0 bridgehead atoms. The van der Waals surface area contributed by atoms with Crippen LogP contribution < -0.4 is 10.1 Å². The fraction of sp³-hybridized carbons (Fsp3) is 0.667. The Bertz CT molecular complexity index is 613. The number of ether oxygens (including phenoxy) is 2. The third-order valence-electron chi connectivity index (χ3n) is 3.91. The first kappa shape index (κ1) is 24.7. The van der Waals surface area contributed by atoms with Gasteiger partial charge in [-0.2, -0.15) is 13.2 Å². The Kier molecular flexibility index (Phi) is 10.9. The molecule has 2 rings (SSSR count). The first-order valence-corrected chi connectivity index (χ1v) is 9.09. The zero-order valence-corrected chi connectivity index (χ0v) is 18.5. The van der Waals surface area contributed by atoms with Crippen molar-refractivity contribution in [3.05, 3.63) is 23.9 Å². The van der Waals surface area contributed by atoms with E-state index in [4.69, 9.17) is 4.74 Å². The summed E-state index contributed by atoms with van der Waals surface area (Å²) in [6, 6.07) is 3.17. The lowest BCUT2D eigenvalue weighted by atomic mass is 10.3. The minimum atomic E-state index is -4.39. The molecule has 1 heterocycles. The van der Waals surface area contributed by atoms with E-state index in [9.17, 15) is 13.2 Å². The van der Waals surface area contributed by atoms with Crippen LogP contribution in [0.4, 0.5) is 13.2 Å². The molecule has 1 aromatic rings. The number of guanidine groups is 1. The summed E-state index contributed by atoms with van der Waals surface area (Å²) in [7, 11) is 1.92. The van der Waals surface area contributed by atoms with E-state index in [2.05, 4.69) is 20.0 Å². The van der Waals surface area contributed by atoms with Gasteiger partial charge in [-0.05, 0) is 37.3 Å². The van der Waals surface area contributed by atoms with Gasteiger partial charge < -0.3 is 19.7 Å². The van der Waals surface area contributed by atoms with Gasteiger partial charge in [0.1, 0.15) is 0 Å². The molecule has 0 spiro atoms. The standard InChI is InChI=1S/C18H27F3N4O2.HI/c1-3-22-17(25(2)8-9-26-12-14-4-5-14)24-11-15-6-7-23-16(10-15)27-13-18(19,20)21;/h6-7,10,14H,3-5,8-9,11-13H2,1-2H3,(H,22,24);1H. The van der Waals surface area contributed by atoms with Crippen LogP contribution in [-0.2, 0) is 11.3 Å². The first-order valence-electron chi connectivity index (χ1n) is 9.09. The van der Waals surface area contributed by atoms with Crippen LogP contribution in [0.3, 0.4) is 0 Å². The minimum absolute atomic E-state index is 0. The van der Waals surface area contributed by atoms with Crippen LogP contribution in [0.5, 0.6) is 5.88 Å². The molecule has 160 valence electrons. The molecule has 0 radical (unpaired) electrons. The number of rotatable bonds is 10. The molecule has 0 aromatic carbocycles. The summed E-state index contributed by atoms with van der Waals surface area (Å²) in [5.41, 5.74) is 0.718. The molecule has 1 aliphatic carbocycles. The van der Waals surface area contributed by atoms with E-state index < -0.39 is 12.8 Å². The van der Waals surface area contributed by atoms with Gasteiger partial charge >= 0.3 is 6.18 Å². The van der Waals surface area contributed by atoms with E-state index in [1.807, 2.05) is 18.9 Å². The van der Waals surface area contributed by atoms with Gasteiger partial charge in [-0.25, -0.2) is 9.98 Å². The van der Waals surface area contributed by atoms with Crippen molar-refractivity contribution in [3.8, 4) is 5.88 Å². The zero-order valence-electron chi connectivity index (χ0n) is 16.2. The van der Waals surface area contributed by atoms with Crippen molar-refractivity contribution in [2.45, 2.75) is 32.5 Å². The van der Waals surface area contributed by atoms with Crippen LogP contribution in [0.2, 0.25) is 0 Å². The molecular weight excluding hydrogens is 488 g/mol. The number of aliphatic imine (C=N–C) groups is 1. The van der Waals surface area contributed by atoms with Crippen LogP contribution in [0.15, 0.2) is 23.3 Å². The van der Waals surface area contributed by atoms with Crippen LogP contribution >= 0.6 is 24.0 Å². The highest BCUT2D eigenvalue weighted by atomic mass is 127. The lowest BCUT2D eigenvalue weighted by Crippen LogP contribution is -2.40. The number of hydrogen-bond donors (Lipinski definition) is 1. The first-order chi connectivity index (χ1) is 12.9. The van der Waals surface area contributed by atoms with Gasteiger partial charge in [0.2, 0.25) is 5.88 Å². The highest BCUT2D eigenvalue weighted by molar-refractivity contribution is 14.0. The maximum atomic E-state index is 12.2. The van der Waals surface area contributed by atoms with E-state index in [1.165, 1.54) is 25.1 Å². The Morgan fingerprint density at radius 1 is 1.39 bits per heavy atom. The van der Waals surface area contributed by atoms with Gasteiger partial charge in [-0.15, -0.1) is 24.0 Å². The van der Waals surface area contributed by atoms with E-state index in [-0.39, 0.29) is 29.9 Å². The molecule has 1 aromatic heterocycles. The van der Waals surface area contributed by atoms with Crippen LogP contribution in [0.1, 0.15) is 25.3 Å². The lowest BCUT2D eigenvalue weighted by molar-refractivity contribution is -0.154. The summed E-state index contributed by atoms with van der Waals surface area (Å²) in [5, 5.41) is 3.20. The summed E-state index contributed by atoms with van der Waals surface area (Å²) in [6.07, 6.45) is -0.446. The summed E-state index contributed by atoms with van der Waals surface area (Å²) >= 11 is 0. The SMILES string of the molecule is CCNC(=NCc1ccnc(OCC(F)(F)F)c1)N(C)CCOCC1CC1.I. The van der Waals surface area contributed by atoms with Gasteiger partial charge in [0.25, 0.3) is 0 Å². The van der Waals surface area contributed by atoms with Crippen molar-refractivity contribution in [3.63, 3.8) is 0 Å². The van der Waals surface area contributed by atoms with E-state index in [0.717, 1.165) is 18.1 Å². The smallest absolute Gasteiger partial charge is 0.422 e. The average Bonchev–Trinajstić information content (AvgIpc) is 3.44. The normalized spacial score (nSPS) is 14.4. The molecule has 0 atom stereocenters. The number of alkyl halides is 3. The molecule has 1 N–H and O–H groups in total. The fourth-order valence-electron chi connectivity index (χ4n) is 2.26. The van der Waals surface area contributed by atoms with Gasteiger partial charge in [0, 0.05) is 39.0 Å². The van der Waals surface area contributed by atoms with Crippen molar-refractivity contribution in [2.75, 3.05) is 40.0 Å². The molecule has 1 aliphatic rings. The van der Waals surface area contributed by atoms with E-state index >= 15 is 0 Å². The maximum Gasteiger partial charge on any atom is 0.422 e. The Labute approximate surface area is 180 Å². The van der Waals surface area contributed by atoms with Crippen LogP contribution in [-0.4, -0.2) is 62.0 Å². The van der Waals surface area contributed by atoms with Gasteiger partial charge in [-0.3, -0.25) is 0 Å². The highest BCUT2D eigenvalue weighted by Gasteiger charge is 2.28. The molecule has 6 nitrogen and oxygen atoms in total. The Morgan fingerprint density at radius 2 is 2.14 bits per heavy atom. The number of nitrogens with zero attached hydrogens (tertiary/aromatic N) is 3. The second kappa shape index (κ2) is 12.3. The van der Waals surface area contributed by atoms with Crippen molar-refractivity contribution < 1.29 is 22.6 Å². The molecular formula is C18H28F3IN4O2. The fourth-order valence-corrected chi connectivity index (χ4v) is 2.26. The maximum absolute atomic E-state index is 12.2. The quantitative estimate of drug-likeness (QED) is 0.224. The molecule has 0 saturated heterocycles. The summed E-state index contributed by atoms with van der Waals surface area (Å²) in [5.74, 6) is 1.38. The Balaban J connectivity index is 0.00000392. The molecule has 28 heavy (non-hydrogen) atoms. The number of likely N-dealkylation sites (N-methyl/N-ethyl adjacent to an activating group) is 1. The third-order valence-corrected chi connectivity index (χ3v) is 3.91. The number of halogens is 4. The molecule has 0 aliphatic heterocycles. The van der Waals surface area contributed by atoms with E-state index in [1.54, 1.807) is 6.07 Å². The zero-order chi connectivity index (χ0) is 19.7. The van der Waals surface area contributed by atoms with Crippen molar-refractivity contribution >= 4 is 29.9 Å². The predicted octanol–water partition coefficient (Wildman–Crippen LogP) is 3.46. The largest absolute Gasteiger partial charge is 0.468 e. The second-order valence-electron chi connectivity index (χ2n) is 6.52. The van der Waals surface area contributed by atoms with Gasteiger partial charge in [0.05, 0.1) is 13.2 Å². The Morgan fingerprint density at radius 3 is 2.79 bits per heavy atom. The van der Waals surface area contributed by atoms with Gasteiger partial charge in [-0.1, -0.05) is 0 Å². The number of pyridine rings is 1. The topological polar surface area (TPSA) is 59.0 Å². The number of aromatic nitrogens is 1. The van der Waals surface area contributed by atoms with Crippen molar-refractivity contribution in [2.24, 2.45) is 10.9 Å². The van der Waals surface area contributed by atoms with Gasteiger partial charge in [0.15, 0.2) is 12.6 Å². The molecule has 1 fully saturated rings. The minimum Gasteiger partial charge on any atom is -0.468 e. The average molecular weight is 516 g/mol. The molecule has 1 saturated carbocycles. The summed E-state index contributed by atoms with van der Waals surface area (Å²) in [6.45, 7) is 3.78. The highest BCUT2D eigenvalue weighted by Crippen LogP contribution is 2.28. The predicted molar refractivity (Wildman–Crippen MR) is 112 cm³/mol. The number of nitrogens with one attached hydrogen (secondary N) is 1. The van der Waals surface area contributed by atoms with Crippen molar-refractivity contribution in [1.29, 1.82) is 0 Å². The van der Waals surface area contributed by atoms with E-state index in [0.29, 0.717) is 32.2 Å². The van der Waals surface area contributed by atoms with Crippen LogP contribution in [0, 0.1) is 5.92 Å². The number of hydrogen-bond acceptors (Lipinski definition) is 4.